The molecule has 0 N–H and O–H groups in total. The second-order valence-electron chi connectivity index (χ2n) is 7.37. The van der Waals surface area contributed by atoms with Gasteiger partial charge in [-0.2, -0.15) is 0 Å². The molecule has 0 unspecified atom stereocenters. The Morgan fingerprint density at radius 1 is 1.11 bits per heavy atom. The summed E-state index contributed by atoms with van der Waals surface area (Å²) in [5, 5.41) is 1.65. The van der Waals surface area contributed by atoms with Crippen LogP contribution >= 0.6 is 11.8 Å². The molecule has 1 aliphatic heterocycles. The number of nitrogens with zero attached hydrogens (tertiary/aromatic N) is 2. The van der Waals surface area contributed by atoms with Crippen LogP contribution in [0.2, 0.25) is 0 Å². The van der Waals surface area contributed by atoms with E-state index in [2.05, 4.69) is 43.1 Å². The zero-order valence-corrected chi connectivity index (χ0v) is 17.0. The molecule has 2 aromatic carbocycles. The molecule has 0 radical (unpaired) electrons. The van der Waals surface area contributed by atoms with Crippen molar-refractivity contribution in [2.45, 2.75) is 36.5 Å². The largest absolute Gasteiger partial charge is 0.471 e. The molecular weight excluding hydrogens is 368 g/mol. The lowest BCUT2D eigenvalue weighted by molar-refractivity contribution is -0.139. The second-order valence-corrected chi connectivity index (χ2v) is 9.02. The quantitative estimate of drug-likeness (QED) is 0.577. The Morgan fingerprint density at radius 3 is 2.61 bits per heavy atom. The van der Waals surface area contributed by atoms with Crippen molar-refractivity contribution in [3.63, 3.8) is 0 Å². The molecular formula is C23H24N2O2S. The van der Waals surface area contributed by atoms with E-state index in [9.17, 15) is 4.79 Å². The van der Waals surface area contributed by atoms with Crippen LogP contribution in [0.5, 0.6) is 5.88 Å². The van der Waals surface area contributed by atoms with Crippen LogP contribution in [-0.4, -0.2) is 40.2 Å². The average molecular weight is 393 g/mol. The molecule has 3 aromatic rings. The SMILES string of the molecule is CC(C)Sc1ccc(CC(=O)N2CC(Oc3ccc4ccccc4n3)C2)cc1. The Bertz CT molecular complexity index is 966. The minimum atomic E-state index is 0.0161. The number of carbonyl (C=O) groups excluding carboxylic acids is 1. The number of para-hydroxylation sites is 1. The van der Waals surface area contributed by atoms with E-state index in [1.807, 2.05) is 53.1 Å². The Hall–Kier alpha value is -2.53. The summed E-state index contributed by atoms with van der Waals surface area (Å²) in [5.74, 6) is 0.768. The van der Waals surface area contributed by atoms with Crippen molar-refractivity contribution in [3.8, 4) is 5.88 Å². The van der Waals surface area contributed by atoms with Gasteiger partial charge in [0.15, 0.2) is 0 Å². The predicted octanol–water partition coefficient (Wildman–Crippen LogP) is 4.57. The van der Waals surface area contributed by atoms with Crippen molar-refractivity contribution in [1.29, 1.82) is 0 Å². The van der Waals surface area contributed by atoms with Crippen LogP contribution in [0.1, 0.15) is 19.4 Å². The number of hydrogen-bond acceptors (Lipinski definition) is 4. The fourth-order valence-electron chi connectivity index (χ4n) is 3.24. The second kappa shape index (κ2) is 8.23. The molecule has 1 aliphatic rings. The molecule has 0 aliphatic carbocycles. The van der Waals surface area contributed by atoms with E-state index >= 15 is 0 Å². The summed E-state index contributed by atoms with van der Waals surface area (Å²) >= 11 is 1.83. The predicted molar refractivity (Wildman–Crippen MR) is 114 cm³/mol. The molecule has 0 bridgehead atoms. The first kappa shape index (κ1) is 18.8. The molecule has 28 heavy (non-hydrogen) atoms. The first-order chi connectivity index (χ1) is 13.6. The number of fused-ring (bicyclic) bond motifs is 1. The smallest absolute Gasteiger partial charge is 0.227 e. The minimum Gasteiger partial charge on any atom is -0.471 e. The molecule has 2 heterocycles. The van der Waals surface area contributed by atoms with Gasteiger partial charge < -0.3 is 9.64 Å². The van der Waals surface area contributed by atoms with Gasteiger partial charge in [-0.25, -0.2) is 4.98 Å². The van der Waals surface area contributed by atoms with Crippen LogP contribution in [-0.2, 0) is 11.2 Å². The molecule has 5 heteroatoms. The number of ether oxygens (including phenoxy) is 1. The lowest BCUT2D eigenvalue weighted by atomic mass is 10.1. The van der Waals surface area contributed by atoms with Gasteiger partial charge in [-0.15, -0.1) is 11.8 Å². The van der Waals surface area contributed by atoms with Crippen molar-refractivity contribution in [2.24, 2.45) is 0 Å². The molecule has 4 nitrogen and oxygen atoms in total. The van der Waals surface area contributed by atoms with E-state index in [4.69, 9.17) is 4.74 Å². The highest BCUT2D eigenvalue weighted by molar-refractivity contribution is 7.99. The Morgan fingerprint density at radius 2 is 1.86 bits per heavy atom. The van der Waals surface area contributed by atoms with E-state index in [0.717, 1.165) is 16.5 Å². The van der Waals surface area contributed by atoms with Gasteiger partial charge in [0.05, 0.1) is 25.0 Å². The highest BCUT2D eigenvalue weighted by Gasteiger charge is 2.32. The first-order valence-electron chi connectivity index (χ1n) is 9.62. The van der Waals surface area contributed by atoms with Gasteiger partial charge in [0, 0.05) is 21.6 Å². The van der Waals surface area contributed by atoms with E-state index in [-0.39, 0.29) is 12.0 Å². The van der Waals surface area contributed by atoms with Crippen molar-refractivity contribution < 1.29 is 9.53 Å². The number of benzene rings is 2. The number of aromatic nitrogens is 1. The minimum absolute atomic E-state index is 0.0161. The molecule has 144 valence electrons. The zero-order valence-electron chi connectivity index (χ0n) is 16.2. The van der Waals surface area contributed by atoms with Gasteiger partial charge in [0.2, 0.25) is 11.8 Å². The number of carbonyl (C=O) groups is 1. The summed E-state index contributed by atoms with van der Waals surface area (Å²) in [6, 6.07) is 20.2. The molecule has 1 amide bonds. The van der Waals surface area contributed by atoms with Crippen LogP contribution in [0.4, 0.5) is 0 Å². The Labute approximate surface area is 169 Å². The standard InChI is InChI=1S/C23H24N2O2S/c1-16(2)28-20-10-7-17(8-11-20)13-23(26)25-14-19(15-25)27-22-12-9-18-5-3-4-6-21(18)24-22/h3-12,16,19H,13-15H2,1-2H3. The Kier molecular flexibility index (Phi) is 5.53. The van der Waals surface area contributed by atoms with Gasteiger partial charge in [-0.1, -0.05) is 44.2 Å². The van der Waals surface area contributed by atoms with Crippen molar-refractivity contribution in [2.75, 3.05) is 13.1 Å². The summed E-state index contributed by atoms with van der Waals surface area (Å²) in [4.78, 5) is 20.1. The molecule has 0 spiro atoms. The van der Waals surface area contributed by atoms with E-state index in [0.29, 0.717) is 30.6 Å². The maximum atomic E-state index is 12.5. The fraction of sp³-hybridized carbons (Fsp3) is 0.304. The van der Waals surface area contributed by atoms with E-state index in [1.54, 1.807) is 0 Å². The number of rotatable bonds is 6. The maximum Gasteiger partial charge on any atom is 0.227 e. The molecule has 1 aromatic heterocycles. The van der Waals surface area contributed by atoms with Crippen molar-refractivity contribution in [1.82, 2.24) is 9.88 Å². The van der Waals surface area contributed by atoms with Gasteiger partial charge in [-0.3, -0.25) is 4.79 Å². The number of hydrogen-bond donors (Lipinski definition) is 0. The third kappa shape index (κ3) is 4.47. The van der Waals surface area contributed by atoms with Crippen LogP contribution in [0.3, 0.4) is 0 Å². The molecule has 1 fully saturated rings. The number of thioether (sulfide) groups is 1. The lowest BCUT2D eigenvalue weighted by Crippen LogP contribution is -2.56. The molecule has 0 saturated carbocycles. The average Bonchev–Trinajstić information content (AvgIpc) is 2.65. The first-order valence-corrected chi connectivity index (χ1v) is 10.5. The molecule has 0 atom stereocenters. The van der Waals surface area contributed by atoms with Crippen LogP contribution in [0, 0.1) is 0 Å². The molecule has 4 rings (SSSR count). The number of pyridine rings is 1. The van der Waals surface area contributed by atoms with Gasteiger partial charge in [0.1, 0.15) is 6.10 Å². The normalized spacial score (nSPS) is 14.3. The van der Waals surface area contributed by atoms with Crippen LogP contribution in [0.15, 0.2) is 65.6 Å². The van der Waals surface area contributed by atoms with Gasteiger partial charge >= 0.3 is 0 Å². The maximum absolute atomic E-state index is 12.5. The fourth-order valence-corrected chi connectivity index (χ4v) is 4.08. The van der Waals surface area contributed by atoms with Crippen molar-refractivity contribution in [3.05, 3.63) is 66.2 Å². The van der Waals surface area contributed by atoms with Crippen LogP contribution in [0.25, 0.3) is 10.9 Å². The van der Waals surface area contributed by atoms with E-state index in [1.165, 1.54) is 4.90 Å². The summed E-state index contributed by atoms with van der Waals surface area (Å²) in [5.41, 5.74) is 1.98. The summed E-state index contributed by atoms with van der Waals surface area (Å²) < 4.78 is 5.93. The third-order valence-electron chi connectivity index (χ3n) is 4.71. The zero-order chi connectivity index (χ0) is 19.5. The lowest BCUT2D eigenvalue weighted by Gasteiger charge is -2.38. The van der Waals surface area contributed by atoms with Crippen LogP contribution < -0.4 is 4.74 Å². The highest BCUT2D eigenvalue weighted by Crippen LogP contribution is 2.24. The third-order valence-corrected chi connectivity index (χ3v) is 5.73. The summed E-state index contributed by atoms with van der Waals surface area (Å²) in [6.45, 7) is 5.60. The number of likely N-dealkylation sites (tertiary alicyclic amines) is 1. The highest BCUT2D eigenvalue weighted by atomic mass is 32.2. The number of amides is 1. The van der Waals surface area contributed by atoms with Gasteiger partial charge in [-0.05, 0) is 29.8 Å². The molecule has 1 saturated heterocycles. The summed E-state index contributed by atoms with van der Waals surface area (Å²) in [6.07, 6.45) is 0.454. The monoisotopic (exact) mass is 392 g/mol. The van der Waals surface area contributed by atoms with Gasteiger partial charge in [0.25, 0.3) is 0 Å². The summed E-state index contributed by atoms with van der Waals surface area (Å²) in [7, 11) is 0. The van der Waals surface area contributed by atoms with Crippen molar-refractivity contribution >= 4 is 28.6 Å². The topological polar surface area (TPSA) is 42.4 Å². The van der Waals surface area contributed by atoms with E-state index < -0.39 is 0 Å². The Balaban J connectivity index is 1.27.